The van der Waals surface area contributed by atoms with Gasteiger partial charge in [-0.3, -0.25) is 4.90 Å². The van der Waals surface area contributed by atoms with E-state index in [9.17, 15) is 9.90 Å². The van der Waals surface area contributed by atoms with Crippen molar-refractivity contribution < 1.29 is 15.0 Å². The van der Waals surface area contributed by atoms with Crippen molar-refractivity contribution in [1.82, 2.24) is 4.90 Å². The maximum Gasteiger partial charge on any atom is 0.335 e. The molecule has 19 heavy (non-hydrogen) atoms. The zero-order valence-corrected chi connectivity index (χ0v) is 10.8. The van der Waals surface area contributed by atoms with Crippen LogP contribution in [0.1, 0.15) is 28.8 Å². The number of aliphatic hydroxyl groups is 1. The molecule has 102 valence electrons. The second kappa shape index (κ2) is 4.94. The Bertz CT molecular complexity index is 461. The highest BCUT2D eigenvalue weighted by Crippen LogP contribution is 2.33. The maximum atomic E-state index is 10.8. The normalized spacial score (nSPS) is 33.3. The Morgan fingerprint density at radius 3 is 2.37 bits per heavy atom. The third kappa shape index (κ3) is 2.38. The summed E-state index contributed by atoms with van der Waals surface area (Å²) in [5, 5.41) is 19.2. The topological polar surface area (TPSA) is 60.8 Å². The number of benzene rings is 1. The minimum atomic E-state index is -0.896. The van der Waals surface area contributed by atoms with Crippen molar-refractivity contribution in [1.29, 1.82) is 0 Å². The molecule has 0 radical (unpaired) electrons. The molecule has 3 aliphatic rings. The average molecular weight is 261 g/mol. The number of aromatic carboxylic acids is 1. The average Bonchev–Trinajstić information content (AvgIpc) is 2.44. The Labute approximate surface area is 112 Å². The molecule has 0 aromatic heterocycles. The van der Waals surface area contributed by atoms with E-state index in [0.29, 0.717) is 11.5 Å². The number of hydrogen-bond donors (Lipinski definition) is 2. The van der Waals surface area contributed by atoms with Crippen molar-refractivity contribution in [2.75, 3.05) is 13.1 Å². The third-order valence-corrected chi connectivity index (χ3v) is 4.57. The summed E-state index contributed by atoms with van der Waals surface area (Å²) in [6.07, 6.45) is 2.78. The van der Waals surface area contributed by atoms with E-state index in [-0.39, 0.29) is 12.1 Å². The Morgan fingerprint density at radius 2 is 1.84 bits per heavy atom. The molecule has 0 saturated carbocycles. The lowest BCUT2D eigenvalue weighted by molar-refractivity contribution is -0.0715. The molecule has 2 bridgehead atoms. The van der Waals surface area contributed by atoms with Gasteiger partial charge in [0.05, 0.1) is 11.7 Å². The summed E-state index contributed by atoms with van der Waals surface area (Å²) in [6.45, 7) is 2.17. The zero-order chi connectivity index (χ0) is 13.4. The standard InChI is InChI=1S/C15H19NO3/c17-14-11-5-7-16(8-6-11)13(14)9-10-1-3-12(4-2-10)15(18)19/h1-4,11,13-14,17H,5-9H2,(H,18,19). The SMILES string of the molecule is O=C(O)c1ccc(CC2C(O)C3CCN2CC3)cc1. The van der Waals surface area contributed by atoms with Crippen LogP contribution < -0.4 is 0 Å². The van der Waals surface area contributed by atoms with Crippen molar-refractivity contribution in [2.24, 2.45) is 5.92 Å². The lowest BCUT2D eigenvalue weighted by atomic mass is 9.78. The van der Waals surface area contributed by atoms with E-state index in [1.54, 1.807) is 12.1 Å². The van der Waals surface area contributed by atoms with Crippen LogP contribution in [-0.4, -0.2) is 46.3 Å². The quantitative estimate of drug-likeness (QED) is 0.863. The molecule has 0 amide bonds. The Hall–Kier alpha value is -1.39. The van der Waals surface area contributed by atoms with Gasteiger partial charge in [0.25, 0.3) is 0 Å². The highest BCUT2D eigenvalue weighted by atomic mass is 16.4. The van der Waals surface area contributed by atoms with Crippen LogP contribution in [0.25, 0.3) is 0 Å². The number of aliphatic hydroxyl groups excluding tert-OH is 1. The van der Waals surface area contributed by atoms with Crippen LogP contribution in [0.5, 0.6) is 0 Å². The van der Waals surface area contributed by atoms with E-state index < -0.39 is 5.97 Å². The molecule has 1 aromatic carbocycles. The van der Waals surface area contributed by atoms with E-state index in [1.165, 1.54) is 0 Å². The largest absolute Gasteiger partial charge is 0.478 e. The van der Waals surface area contributed by atoms with Gasteiger partial charge < -0.3 is 10.2 Å². The van der Waals surface area contributed by atoms with E-state index in [1.807, 2.05) is 12.1 Å². The Morgan fingerprint density at radius 1 is 1.21 bits per heavy atom. The van der Waals surface area contributed by atoms with Crippen LogP contribution >= 0.6 is 0 Å². The molecule has 2 N–H and O–H groups in total. The van der Waals surface area contributed by atoms with Crippen molar-refractivity contribution in [3.05, 3.63) is 35.4 Å². The molecule has 2 atom stereocenters. The first-order valence-electron chi connectivity index (χ1n) is 6.89. The van der Waals surface area contributed by atoms with Gasteiger partial charge in [0.15, 0.2) is 0 Å². The van der Waals surface area contributed by atoms with E-state index in [4.69, 9.17) is 5.11 Å². The van der Waals surface area contributed by atoms with Crippen molar-refractivity contribution in [3.8, 4) is 0 Å². The molecule has 4 heteroatoms. The summed E-state index contributed by atoms with van der Waals surface area (Å²) in [6, 6.07) is 7.20. The van der Waals surface area contributed by atoms with Crippen molar-refractivity contribution in [2.45, 2.75) is 31.4 Å². The first-order valence-corrected chi connectivity index (χ1v) is 6.89. The summed E-state index contributed by atoms with van der Waals surface area (Å²) < 4.78 is 0. The van der Waals surface area contributed by atoms with E-state index >= 15 is 0 Å². The first-order chi connectivity index (χ1) is 9.15. The summed E-state index contributed by atoms with van der Waals surface area (Å²) in [5.74, 6) is -0.444. The highest BCUT2D eigenvalue weighted by Gasteiger charge is 2.40. The molecule has 0 aliphatic carbocycles. The van der Waals surface area contributed by atoms with Gasteiger partial charge in [-0.05, 0) is 56.0 Å². The molecular weight excluding hydrogens is 242 g/mol. The van der Waals surface area contributed by atoms with Gasteiger partial charge in [0.2, 0.25) is 0 Å². The van der Waals surface area contributed by atoms with Crippen molar-refractivity contribution in [3.63, 3.8) is 0 Å². The van der Waals surface area contributed by atoms with Gasteiger partial charge in [-0.2, -0.15) is 0 Å². The van der Waals surface area contributed by atoms with Crippen LogP contribution in [0.15, 0.2) is 24.3 Å². The van der Waals surface area contributed by atoms with Crippen LogP contribution in [0.4, 0.5) is 0 Å². The molecule has 1 aromatic rings. The molecule has 4 nitrogen and oxygen atoms in total. The van der Waals surface area contributed by atoms with Gasteiger partial charge in [-0.15, -0.1) is 0 Å². The number of carboxylic acids is 1. The fourth-order valence-electron chi connectivity index (χ4n) is 3.40. The monoisotopic (exact) mass is 261 g/mol. The molecular formula is C15H19NO3. The zero-order valence-electron chi connectivity index (χ0n) is 10.8. The predicted molar refractivity (Wildman–Crippen MR) is 71.2 cm³/mol. The van der Waals surface area contributed by atoms with Crippen molar-refractivity contribution >= 4 is 5.97 Å². The fourth-order valence-corrected chi connectivity index (χ4v) is 3.40. The minimum absolute atomic E-state index is 0.197. The second-order valence-electron chi connectivity index (χ2n) is 5.64. The lowest BCUT2D eigenvalue weighted by Gasteiger charge is -2.49. The van der Waals surface area contributed by atoms with Crippen LogP contribution in [0.2, 0.25) is 0 Å². The predicted octanol–water partition coefficient (Wildman–Crippen LogP) is 1.38. The number of rotatable bonds is 3. The number of carboxylic acid groups (broad SMARTS) is 1. The number of nitrogens with zero attached hydrogens (tertiary/aromatic N) is 1. The minimum Gasteiger partial charge on any atom is -0.478 e. The molecule has 0 spiro atoms. The summed E-state index contributed by atoms with van der Waals surface area (Å²) in [5.41, 5.74) is 1.41. The summed E-state index contributed by atoms with van der Waals surface area (Å²) in [4.78, 5) is 13.2. The fraction of sp³-hybridized carbons (Fsp3) is 0.533. The molecule has 3 aliphatic heterocycles. The number of piperidine rings is 3. The second-order valence-corrected chi connectivity index (χ2v) is 5.64. The number of hydrogen-bond acceptors (Lipinski definition) is 3. The lowest BCUT2D eigenvalue weighted by Crippen LogP contribution is -2.58. The van der Waals surface area contributed by atoms with Gasteiger partial charge >= 0.3 is 5.97 Å². The van der Waals surface area contributed by atoms with Gasteiger partial charge in [-0.25, -0.2) is 4.79 Å². The van der Waals surface area contributed by atoms with Crippen LogP contribution in [0.3, 0.4) is 0 Å². The number of fused-ring (bicyclic) bond motifs is 3. The maximum absolute atomic E-state index is 10.8. The van der Waals surface area contributed by atoms with E-state index in [0.717, 1.165) is 37.9 Å². The van der Waals surface area contributed by atoms with E-state index in [2.05, 4.69) is 4.90 Å². The van der Waals surface area contributed by atoms with Crippen LogP contribution in [0, 0.1) is 5.92 Å². The summed E-state index contributed by atoms with van der Waals surface area (Å²) >= 11 is 0. The van der Waals surface area contributed by atoms with Gasteiger partial charge in [-0.1, -0.05) is 12.1 Å². The molecule has 3 heterocycles. The third-order valence-electron chi connectivity index (χ3n) is 4.57. The Kier molecular flexibility index (Phi) is 3.29. The molecule has 4 rings (SSSR count). The Balaban J connectivity index is 1.72. The molecule has 2 unspecified atom stereocenters. The summed E-state index contributed by atoms with van der Waals surface area (Å²) in [7, 11) is 0. The number of carbonyl (C=O) groups is 1. The molecule has 3 fully saturated rings. The molecule has 3 saturated heterocycles. The first kappa shape index (κ1) is 12.6. The smallest absolute Gasteiger partial charge is 0.335 e. The van der Waals surface area contributed by atoms with Gasteiger partial charge in [0, 0.05) is 6.04 Å². The van der Waals surface area contributed by atoms with Crippen LogP contribution in [-0.2, 0) is 6.42 Å². The van der Waals surface area contributed by atoms with Gasteiger partial charge in [0.1, 0.15) is 0 Å². The highest BCUT2D eigenvalue weighted by molar-refractivity contribution is 5.87.